The third-order valence-corrected chi connectivity index (χ3v) is 2.69. The summed E-state index contributed by atoms with van der Waals surface area (Å²) in [5.41, 5.74) is 4.23. The van der Waals surface area contributed by atoms with Crippen LogP contribution in [0.2, 0.25) is 0 Å². The van der Waals surface area contributed by atoms with Gasteiger partial charge >= 0.3 is 0 Å². The van der Waals surface area contributed by atoms with Gasteiger partial charge in [0.1, 0.15) is 0 Å². The SMILES string of the molecule is Cc1cc(C)cc(N(C)c2ccnc(F)c2)c1. The molecule has 0 N–H and O–H groups in total. The largest absolute Gasteiger partial charge is 0.344 e. The van der Waals surface area contributed by atoms with Crippen LogP contribution in [0.25, 0.3) is 0 Å². The summed E-state index contributed by atoms with van der Waals surface area (Å²) in [6.45, 7) is 4.11. The summed E-state index contributed by atoms with van der Waals surface area (Å²) in [7, 11) is 1.92. The maximum Gasteiger partial charge on any atom is 0.214 e. The van der Waals surface area contributed by atoms with E-state index in [0.29, 0.717) is 0 Å². The predicted molar refractivity (Wildman–Crippen MR) is 68.2 cm³/mol. The zero-order valence-corrected chi connectivity index (χ0v) is 10.2. The standard InChI is InChI=1S/C14H15FN2/c1-10-6-11(2)8-13(7-10)17(3)12-4-5-16-14(15)9-12/h4-9H,1-3H3. The summed E-state index contributed by atoms with van der Waals surface area (Å²) >= 11 is 0. The second kappa shape index (κ2) is 4.53. The Hall–Kier alpha value is -1.90. The second-order valence-corrected chi connectivity index (χ2v) is 4.24. The molecule has 2 nitrogen and oxygen atoms in total. The Morgan fingerprint density at radius 1 is 1.00 bits per heavy atom. The molecule has 3 heteroatoms. The summed E-state index contributed by atoms with van der Waals surface area (Å²) in [5, 5.41) is 0. The molecule has 0 aliphatic rings. The van der Waals surface area contributed by atoms with Gasteiger partial charge in [-0.25, -0.2) is 4.98 Å². The molecule has 0 saturated heterocycles. The molecule has 1 heterocycles. The number of nitrogens with zero attached hydrogens (tertiary/aromatic N) is 2. The maximum atomic E-state index is 13.1. The quantitative estimate of drug-likeness (QED) is 0.733. The Bertz CT molecular complexity index is 517. The van der Waals surface area contributed by atoms with E-state index in [9.17, 15) is 4.39 Å². The number of aryl methyl sites for hydroxylation is 2. The second-order valence-electron chi connectivity index (χ2n) is 4.24. The van der Waals surface area contributed by atoms with E-state index in [0.717, 1.165) is 11.4 Å². The fourth-order valence-electron chi connectivity index (χ4n) is 1.89. The lowest BCUT2D eigenvalue weighted by Crippen LogP contribution is -2.10. The van der Waals surface area contributed by atoms with E-state index in [2.05, 4.69) is 37.0 Å². The molecule has 0 aliphatic carbocycles. The summed E-state index contributed by atoms with van der Waals surface area (Å²) in [6.07, 6.45) is 1.48. The highest BCUT2D eigenvalue weighted by atomic mass is 19.1. The number of pyridine rings is 1. The van der Waals surface area contributed by atoms with E-state index in [1.54, 1.807) is 6.07 Å². The average Bonchev–Trinajstić information content (AvgIpc) is 2.26. The summed E-state index contributed by atoms with van der Waals surface area (Å²) < 4.78 is 13.1. The molecule has 0 radical (unpaired) electrons. The lowest BCUT2D eigenvalue weighted by Gasteiger charge is -2.20. The van der Waals surface area contributed by atoms with Crippen molar-refractivity contribution >= 4 is 11.4 Å². The molecule has 17 heavy (non-hydrogen) atoms. The fourth-order valence-corrected chi connectivity index (χ4v) is 1.89. The average molecular weight is 230 g/mol. The van der Waals surface area contributed by atoms with Crippen LogP contribution in [0.4, 0.5) is 15.8 Å². The molecule has 0 unspecified atom stereocenters. The molecule has 0 fully saturated rings. The fraction of sp³-hybridized carbons (Fsp3) is 0.214. The first-order chi connectivity index (χ1) is 8.06. The normalized spacial score (nSPS) is 10.4. The van der Waals surface area contributed by atoms with E-state index in [1.165, 1.54) is 23.4 Å². The van der Waals surface area contributed by atoms with Crippen molar-refractivity contribution < 1.29 is 4.39 Å². The molecule has 0 saturated carbocycles. The Morgan fingerprint density at radius 3 is 2.24 bits per heavy atom. The predicted octanol–water partition coefficient (Wildman–Crippen LogP) is 3.61. The first-order valence-electron chi connectivity index (χ1n) is 5.50. The van der Waals surface area contributed by atoms with Crippen molar-refractivity contribution in [3.63, 3.8) is 0 Å². The van der Waals surface area contributed by atoms with Crippen LogP contribution in [0.15, 0.2) is 36.5 Å². The van der Waals surface area contributed by atoms with Crippen LogP contribution in [0, 0.1) is 19.8 Å². The van der Waals surface area contributed by atoms with Gasteiger partial charge in [-0.15, -0.1) is 0 Å². The zero-order chi connectivity index (χ0) is 12.4. The van der Waals surface area contributed by atoms with Gasteiger partial charge in [-0.1, -0.05) is 6.07 Å². The number of hydrogen-bond acceptors (Lipinski definition) is 2. The van der Waals surface area contributed by atoms with E-state index >= 15 is 0 Å². The highest BCUT2D eigenvalue weighted by Crippen LogP contribution is 2.25. The highest BCUT2D eigenvalue weighted by molar-refractivity contribution is 5.63. The van der Waals surface area contributed by atoms with Gasteiger partial charge in [-0.3, -0.25) is 0 Å². The van der Waals surface area contributed by atoms with Crippen LogP contribution >= 0.6 is 0 Å². The first-order valence-corrected chi connectivity index (χ1v) is 5.50. The number of halogens is 1. The highest BCUT2D eigenvalue weighted by Gasteiger charge is 2.06. The molecule has 0 spiro atoms. The van der Waals surface area contributed by atoms with Crippen molar-refractivity contribution in [3.05, 3.63) is 53.6 Å². The van der Waals surface area contributed by atoms with Gasteiger partial charge in [-0.2, -0.15) is 4.39 Å². The molecule has 1 aromatic heterocycles. The van der Waals surface area contributed by atoms with E-state index < -0.39 is 5.95 Å². The summed E-state index contributed by atoms with van der Waals surface area (Å²) in [6, 6.07) is 9.49. The van der Waals surface area contributed by atoms with Gasteiger partial charge in [0, 0.05) is 30.7 Å². The number of benzene rings is 1. The first kappa shape index (κ1) is 11.6. The van der Waals surface area contributed by atoms with Crippen LogP contribution in [0.1, 0.15) is 11.1 Å². The topological polar surface area (TPSA) is 16.1 Å². The van der Waals surface area contributed by atoms with Crippen LogP contribution in [-0.2, 0) is 0 Å². The minimum absolute atomic E-state index is 0.460. The van der Waals surface area contributed by atoms with Crippen molar-refractivity contribution in [2.24, 2.45) is 0 Å². The van der Waals surface area contributed by atoms with Gasteiger partial charge in [0.2, 0.25) is 5.95 Å². The molecule has 2 rings (SSSR count). The van der Waals surface area contributed by atoms with Crippen molar-refractivity contribution in [1.29, 1.82) is 0 Å². The third-order valence-electron chi connectivity index (χ3n) is 2.69. The Morgan fingerprint density at radius 2 is 1.65 bits per heavy atom. The minimum atomic E-state index is -0.460. The molecule has 0 amide bonds. The maximum absolute atomic E-state index is 13.1. The van der Waals surface area contributed by atoms with Crippen molar-refractivity contribution in [2.75, 3.05) is 11.9 Å². The number of hydrogen-bond donors (Lipinski definition) is 0. The van der Waals surface area contributed by atoms with Crippen LogP contribution in [-0.4, -0.2) is 12.0 Å². The molecule has 88 valence electrons. The Labute approximate surface area is 101 Å². The molecular weight excluding hydrogens is 215 g/mol. The Kier molecular flexibility index (Phi) is 3.09. The molecule has 0 atom stereocenters. The van der Waals surface area contributed by atoms with E-state index in [-0.39, 0.29) is 0 Å². The van der Waals surface area contributed by atoms with E-state index in [4.69, 9.17) is 0 Å². The third kappa shape index (κ3) is 2.61. The lowest BCUT2D eigenvalue weighted by molar-refractivity contribution is 0.584. The molecule has 1 aromatic carbocycles. The zero-order valence-electron chi connectivity index (χ0n) is 10.2. The van der Waals surface area contributed by atoms with Crippen molar-refractivity contribution in [1.82, 2.24) is 4.98 Å². The lowest BCUT2D eigenvalue weighted by atomic mass is 10.1. The van der Waals surface area contributed by atoms with Gasteiger partial charge in [0.15, 0.2) is 0 Å². The molecule has 2 aromatic rings. The summed E-state index contributed by atoms with van der Waals surface area (Å²) in [4.78, 5) is 5.51. The molecule has 0 aliphatic heterocycles. The number of aromatic nitrogens is 1. The summed E-state index contributed by atoms with van der Waals surface area (Å²) in [5.74, 6) is -0.460. The molecule has 0 bridgehead atoms. The Balaban J connectivity index is 2.39. The van der Waals surface area contributed by atoms with Crippen LogP contribution < -0.4 is 4.90 Å². The molecular formula is C14H15FN2. The van der Waals surface area contributed by atoms with Gasteiger partial charge in [0.05, 0.1) is 0 Å². The van der Waals surface area contributed by atoms with Gasteiger partial charge in [0.25, 0.3) is 0 Å². The van der Waals surface area contributed by atoms with Crippen molar-refractivity contribution in [2.45, 2.75) is 13.8 Å². The number of anilines is 2. The van der Waals surface area contributed by atoms with Crippen LogP contribution in [0.5, 0.6) is 0 Å². The smallest absolute Gasteiger partial charge is 0.214 e. The monoisotopic (exact) mass is 230 g/mol. The van der Waals surface area contributed by atoms with E-state index in [1.807, 2.05) is 11.9 Å². The van der Waals surface area contributed by atoms with Crippen LogP contribution in [0.3, 0.4) is 0 Å². The van der Waals surface area contributed by atoms with Gasteiger partial charge < -0.3 is 4.90 Å². The van der Waals surface area contributed by atoms with Gasteiger partial charge in [-0.05, 0) is 43.2 Å². The minimum Gasteiger partial charge on any atom is -0.344 e. The van der Waals surface area contributed by atoms with Crippen molar-refractivity contribution in [3.8, 4) is 0 Å². The number of rotatable bonds is 2.